The number of fused-ring (bicyclic) bond motifs is 4. The highest BCUT2D eigenvalue weighted by Crippen LogP contribution is 2.39. The Morgan fingerprint density at radius 3 is 2.59 bits per heavy atom. The van der Waals surface area contributed by atoms with E-state index in [0.29, 0.717) is 53.9 Å². The normalized spacial score (nSPS) is 19.4. The fourth-order valence-corrected chi connectivity index (χ4v) is 9.43. The maximum Gasteiger partial charge on any atom is 0.255 e. The first-order chi connectivity index (χ1) is 27.1. The molecule has 3 aromatic heterocycles. The first-order valence-electron chi connectivity index (χ1n) is 18.8. The van der Waals surface area contributed by atoms with Crippen LogP contribution in [-0.4, -0.2) is 78.5 Å². The highest BCUT2D eigenvalue weighted by Gasteiger charge is 2.40. The molecule has 3 aliphatic heterocycles. The molecular weight excluding hydrogens is 746 g/mol. The second-order valence-corrected chi connectivity index (χ2v) is 16.4. The van der Waals surface area contributed by atoms with Crippen LogP contribution < -0.4 is 4.74 Å². The van der Waals surface area contributed by atoms with E-state index in [1.165, 1.54) is 0 Å². The summed E-state index contributed by atoms with van der Waals surface area (Å²) in [4.78, 5) is 52.2. The molecule has 6 heterocycles. The van der Waals surface area contributed by atoms with Gasteiger partial charge < -0.3 is 9.64 Å². The number of benzene rings is 2. The zero-order valence-corrected chi connectivity index (χ0v) is 32.8. The van der Waals surface area contributed by atoms with Gasteiger partial charge in [-0.05, 0) is 80.5 Å². The molecule has 4 aliphatic rings. The van der Waals surface area contributed by atoms with Crippen molar-refractivity contribution in [1.82, 2.24) is 29.5 Å². The summed E-state index contributed by atoms with van der Waals surface area (Å²) >= 11 is 7.85. The zero-order chi connectivity index (χ0) is 38.7. The van der Waals surface area contributed by atoms with E-state index in [0.717, 1.165) is 74.7 Å². The average Bonchev–Trinajstić information content (AvgIpc) is 3.80. The minimum atomic E-state index is -0.542. The quantitative estimate of drug-likeness (QED) is 0.136. The number of halogens is 1. The molecule has 2 aromatic carbocycles. The topological polar surface area (TPSA) is 123 Å². The van der Waals surface area contributed by atoms with Crippen molar-refractivity contribution in [3.8, 4) is 22.6 Å². The lowest BCUT2D eigenvalue weighted by Gasteiger charge is -2.39. The number of carbonyl (C=O) groups is 3. The molecule has 0 bridgehead atoms. The third kappa shape index (κ3) is 6.63. The van der Waals surface area contributed by atoms with Gasteiger partial charge in [-0.15, -0.1) is 21.5 Å². The number of aryl methyl sites for hydroxylation is 1. The molecule has 0 spiro atoms. The minimum Gasteiger partial charge on any atom is -0.493 e. The molecule has 282 valence electrons. The molecule has 1 unspecified atom stereocenters. The van der Waals surface area contributed by atoms with E-state index in [-0.39, 0.29) is 29.9 Å². The summed E-state index contributed by atoms with van der Waals surface area (Å²) in [7, 11) is 0. The fourth-order valence-electron chi connectivity index (χ4n) is 8.09. The van der Waals surface area contributed by atoms with Gasteiger partial charge in [0, 0.05) is 65.4 Å². The van der Waals surface area contributed by atoms with Crippen molar-refractivity contribution in [1.29, 1.82) is 0 Å². The van der Waals surface area contributed by atoms with Crippen molar-refractivity contribution in [3.05, 3.63) is 121 Å². The number of aliphatic imine (C=N–C) groups is 1. The summed E-state index contributed by atoms with van der Waals surface area (Å²) in [5.74, 6) is 8.96. The van der Waals surface area contributed by atoms with E-state index < -0.39 is 6.04 Å². The number of aromatic nitrogens is 4. The molecule has 2 atom stereocenters. The van der Waals surface area contributed by atoms with E-state index in [1.807, 2.05) is 62.5 Å². The van der Waals surface area contributed by atoms with Gasteiger partial charge in [0.2, 0.25) is 0 Å². The van der Waals surface area contributed by atoms with E-state index >= 15 is 0 Å². The van der Waals surface area contributed by atoms with E-state index in [4.69, 9.17) is 21.3 Å². The highest BCUT2D eigenvalue weighted by molar-refractivity contribution is 7.15. The maximum atomic E-state index is 13.2. The molecule has 1 amide bonds. The first-order valence-corrected chi connectivity index (χ1v) is 20.0. The van der Waals surface area contributed by atoms with Crippen LogP contribution in [0.5, 0.6) is 5.75 Å². The number of rotatable bonds is 7. The molecule has 13 heteroatoms. The molecule has 5 aromatic rings. The summed E-state index contributed by atoms with van der Waals surface area (Å²) < 4.78 is 8.37. The molecule has 1 aliphatic carbocycles. The van der Waals surface area contributed by atoms with E-state index in [9.17, 15) is 14.4 Å². The van der Waals surface area contributed by atoms with Gasteiger partial charge >= 0.3 is 0 Å². The van der Waals surface area contributed by atoms with Crippen molar-refractivity contribution < 1.29 is 19.1 Å². The van der Waals surface area contributed by atoms with Crippen molar-refractivity contribution in [2.45, 2.75) is 65.2 Å². The number of likely N-dealkylation sites (tertiary alicyclic amines) is 1. The van der Waals surface area contributed by atoms with Gasteiger partial charge in [-0.3, -0.25) is 28.8 Å². The molecule has 0 radical (unpaired) electrons. The minimum absolute atomic E-state index is 0.0510. The molecular formula is C43H38ClN7O4S. The molecule has 1 saturated heterocycles. The van der Waals surface area contributed by atoms with Crippen LogP contribution in [0, 0.1) is 31.6 Å². The molecule has 56 heavy (non-hydrogen) atoms. The zero-order valence-electron chi connectivity index (χ0n) is 31.2. The number of hydrogen-bond acceptors (Lipinski definition) is 10. The van der Waals surface area contributed by atoms with Crippen molar-refractivity contribution in [2.24, 2.45) is 10.9 Å². The standard InChI is InChI=1S/C43H38ClN7O4S/c1-24-38(56-43-39(24)40(29-8-10-30(44)11-9-29)46-25(2)41-48-47-26(3)51(41)43)16-13-31-12-7-27(18-45-31)19-49-20-28(21-49)23-55-37-6-4-5-33-34(37)22-50(42(33)54)35-15-14-32(52)17-36(35)53/h4-12,18,25,28,35H,14-15,17,19-23H2,1-3H3/t25-,35?/m0/s1. The van der Waals surface area contributed by atoms with E-state index in [2.05, 4.69) is 49.5 Å². The van der Waals surface area contributed by atoms with E-state index in [1.54, 1.807) is 22.3 Å². The fraction of sp³-hybridized carbons (Fsp3) is 0.326. The van der Waals surface area contributed by atoms with Crippen LogP contribution in [0.1, 0.15) is 92.6 Å². The van der Waals surface area contributed by atoms with Crippen LogP contribution in [0.25, 0.3) is 5.00 Å². The number of hydrogen-bond donors (Lipinski definition) is 0. The Hall–Kier alpha value is -5.48. The Bertz CT molecular complexity index is 2510. The second-order valence-electron chi connectivity index (χ2n) is 15.0. The van der Waals surface area contributed by atoms with Crippen LogP contribution in [0.15, 0.2) is 65.8 Å². The van der Waals surface area contributed by atoms with Gasteiger partial charge in [-0.2, -0.15) is 0 Å². The van der Waals surface area contributed by atoms with Crippen LogP contribution in [0.3, 0.4) is 0 Å². The van der Waals surface area contributed by atoms with Gasteiger partial charge in [0.25, 0.3) is 5.91 Å². The lowest BCUT2D eigenvalue weighted by atomic mass is 9.92. The lowest BCUT2D eigenvalue weighted by Crippen LogP contribution is -2.48. The summed E-state index contributed by atoms with van der Waals surface area (Å²) in [5.41, 5.74) is 7.16. The van der Waals surface area contributed by atoms with Gasteiger partial charge in [-0.25, -0.2) is 4.98 Å². The Morgan fingerprint density at radius 2 is 1.82 bits per heavy atom. The number of Topliss-reactive ketones (excluding diaryl/α,β-unsaturated/α-hetero) is 2. The summed E-state index contributed by atoms with van der Waals surface area (Å²) in [6.07, 6.45) is 2.53. The predicted molar refractivity (Wildman–Crippen MR) is 213 cm³/mol. The van der Waals surface area contributed by atoms with Crippen molar-refractivity contribution >= 4 is 46.1 Å². The Morgan fingerprint density at radius 1 is 1.00 bits per heavy atom. The van der Waals surface area contributed by atoms with Gasteiger partial charge in [0.15, 0.2) is 11.6 Å². The number of ether oxygens (including phenoxy) is 1. The van der Waals surface area contributed by atoms with Crippen LogP contribution in [0.4, 0.5) is 0 Å². The van der Waals surface area contributed by atoms with Crippen molar-refractivity contribution in [3.63, 3.8) is 0 Å². The summed E-state index contributed by atoms with van der Waals surface area (Å²) in [5, 5.41) is 10.5. The largest absolute Gasteiger partial charge is 0.493 e. The molecule has 1 saturated carbocycles. The average molecular weight is 784 g/mol. The Kier molecular flexibility index (Phi) is 9.40. The predicted octanol–water partition coefficient (Wildman–Crippen LogP) is 6.46. The first kappa shape index (κ1) is 36.2. The number of pyridine rings is 1. The third-order valence-electron chi connectivity index (χ3n) is 11.0. The Balaban J connectivity index is 0.832. The number of thiophene rings is 1. The van der Waals surface area contributed by atoms with Crippen molar-refractivity contribution in [2.75, 3.05) is 19.7 Å². The van der Waals surface area contributed by atoms with Crippen LogP contribution in [0.2, 0.25) is 5.02 Å². The van der Waals surface area contributed by atoms with Gasteiger partial charge in [-0.1, -0.05) is 35.9 Å². The van der Waals surface area contributed by atoms with Crippen LogP contribution in [-0.2, 0) is 22.7 Å². The number of nitrogens with zero attached hydrogens (tertiary/aromatic N) is 7. The highest BCUT2D eigenvalue weighted by atomic mass is 35.5. The van der Waals surface area contributed by atoms with Gasteiger partial charge in [0.05, 0.1) is 36.2 Å². The number of amides is 1. The Labute approximate surface area is 333 Å². The number of ketones is 2. The lowest BCUT2D eigenvalue weighted by molar-refractivity contribution is -0.133. The molecule has 9 rings (SSSR count). The smallest absolute Gasteiger partial charge is 0.255 e. The van der Waals surface area contributed by atoms with Gasteiger partial charge in [0.1, 0.15) is 34.1 Å². The molecule has 11 nitrogen and oxygen atoms in total. The summed E-state index contributed by atoms with van der Waals surface area (Å²) in [6, 6.07) is 16.6. The molecule has 2 fully saturated rings. The summed E-state index contributed by atoms with van der Waals surface area (Å²) in [6.45, 7) is 9.53. The maximum absolute atomic E-state index is 13.2. The monoisotopic (exact) mass is 783 g/mol. The number of carbonyl (C=O) groups excluding carboxylic acids is 3. The third-order valence-corrected chi connectivity index (χ3v) is 12.5. The molecule has 0 N–H and O–H groups in total. The van der Waals surface area contributed by atoms with Crippen LogP contribution >= 0.6 is 22.9 Å². The second kappa shape index (κ2) is 14.5. The SMILES string of the molecule is Cc1c(C#Cc2ccc(CN3CC(COc4cccc5c4CN(C4CCC(=O)CC4=O)C5=O)C3)cn2)sc2c1C(c1ccc(Cl)cc1)=N[C@@H](C)c1nnc(C)n1-2.